The van der Waals surface area contributed by atoms with Gasteiger partial charge in [-0.05, 0) is 61.2 Å². The molecule has 0 aliphatic carbocycles. The number of likely N-dealkylation sites (tertiary alicyclic amines) is 1. The van der Waals surface area contributed by atoms with Gasteiger partial charge in [-0.3, -0.25) is 14.5 Å². The minimum absolute atomic E-state index is 0.0495. The minimum atomic E-state index is -0.794. The highest BCUT2D eigenvalue weighted by Crippen LogP contribution is 2.42. The van der Waals surface area contributed by atoms with Crippen LogP contribution in [0.2, 0.25) is 0 Å². The molecule has 0 radical (unpaired) electrons. The van der Waals surface area contributed by atoms with Gasteiger partial charge in [0.15, 0.2) is 11.5 Å². The molecule has 9 nitrogen and oxygen atoms in total. The molecule has 2 aromatic rings. The molecule has 1 atom stereocenters. The van der Waals surface area contributed by atoms with Crippen LogP contribution in [0.1, 0.15) is 42.5 Å². The predicted molar refractivity (Wildman–Crippen MR) is 157 cm³/mol. The SMILES string of the molecule is C=CCOc1ccc(C2C(=C(O)c3ccc(OCCC)cc3C)C(=O)C(=O)N2CCCN2CCOCC2)cc1OC. The maximum atomic E-state index is 13.5. The molecule has 2 heterocycles. The van der Waals surface area contributed by atoms with Gasteiger partial charge in [0.05, 0.1) is 38.5 Å². The van der Waals surface area contributed by atoms with Gasteiger partial charge < -0.3 is 29.0 Å². The topological polar surface area (TPSA) is 97.8 Å². The zero-order chi connectivity index (χ0) is 29.4. The number of aryl methyl sites for hydroxylation is 1. The lowest BCUT2D eigenvalue weighted by atomic mass is 9.93. The standard InChI is InChI=1S/C32H40N2O7/c1-5-16-40-24-9-10-25(22(3)20-24)30(35)28-29(23-8-11-26(41-17-6-2)27(21-23)38-4)34(32(37)31(28)36)13-7-12-33-14-18-39-19-15-33/h6,8-11,20-21,29,35H,2,5,7,12-19H2,1,3-4H3. The zero-order valence-corrected chi connectivity index (χ0v) is 24.2. The van der Waals surface area contributed by atoms with E-state index < -0.39 is 17.7 Å². The lowest BCUT2D eigenvalue weighted by Crippen LogP contribution is -2.39. The molecule has 2 aromatic carbocycles. The van der Waals surface area contributed by atoms with Gasteiger partial charge in [-0.1, -0.05) is 25.6 Å². The van der Waals surface area contributed by atoms with E-state index in [4.69, 9.17) is 18.9 Å². The number of hydrogen-bond acceptors (Lipinski definition) is 8. The van der Waals surface area contributed by atoms with Crippen LogP contribution < -0.4 is 14.2 Å². The molecular formula is C32H40N2O7. The Balaban J connectivity index is 1.73. The average Bonchev–Trinajstić information content (AvgIpc) is 3.24. The lowest BCUT2D eigenvalue weighted by molar-refractivity contribution is -0.140. The average molecular weight is 565 g/mol. The fourth-order valence-electron chi connectivity index (χ4n) is 5.23. The first-order valence-electron chi connectivity index (χ1n) is 14.1. The number of morpholine rings is 1. The van der Waals surface area contributed by atoms with Crippen molar-refractivity contribution in [2.75, 3.05) is 59.7 Å². The van der Waals surface area contributed by atoms with E-state index in [-0.39, 0.29) is 11.3 Å². The Morgan fingerprint density at radius 2 is 1.88 bits per heavy atom. The number of ether oxygens (including phenoxy) is 4. The number of rotatable bonds is 13. The van der Waals surface area contributed by atoms with Crippen molar-refractivity contribution >= 4 is 17.4 Å². The van der Waals surface area contributed by atoms with Gasteiger partial charge in [0, 0.05) is 31.7 Å². The molecule has 9 heteroatoms. The van der Waals surface area contributed by atoms with E-state index in [1.165, 1.54) is 7.11 Å². The summed E-state index contributed by atoms with van der Waals surface area (Å²) in [4.78, 5) is 30.8. The summed E-state index contributed by atoms with van der Waals surface area (Å²) in [6.45, 7) is 12.6. The molecule has 0 spiro atoms. The molecule has 0 saturated carbocycles. The summed E-state index contributed by atoms with van der Waals surface area (Å²) in [5.41, 5.74) is 1.90. The van der Waals surface area contributed by atoms with Crippen LogP contribution in [0.4, 0.5) is 0 Å². The Hall–Kier alpha value is -3.82. The molecule has 1 amide bonds. The van der Waals surface area contributed by atoms with Gasteiger partial charge in [0.1, 0.15) is 18.1 Å². The van der Waals surface area contributed by atoms with E-state index >= 15 is 0 Å². The van der Waals surface area contributed by atoms with Gasteiger partial charge in [0.25, 0.3) is 11.7 Å². The van der Waals surface area contributed by atoms with Crippen molar-refractivity contribution in [1.29, 1.82) is 0 Å². The number of aliphatic hydroxyl groups is 1. The summed E-state index contributed by atoms with van der Waals surface area (Å²) < 4.78 is 22.5. The summed E-state index contributed by atoms with van der Waals surface area (Å²) in [5, 5.41) is 11.6. The van der Waals surface area contributed by atoms with E-state index in [9.17, 15) is 14.7 Å². The quantitative estimate of drug-likeness (QED) is 0.164. The molecule has 2 fully saturated rings. The van der Waals surface area contributed by atoms with E-state index in [1.54, 1.807) is 41.3 Å². The van der Waals surface area contributed by atoms with Crippen molar-refractivity contribution in [2.45, 2.75) is 32.7 Å². The normalized spacial score (nSPS) is 18.9. The van der Waals surface area contributed by atoms with E-state index in [0.717, 1.165) is 31.6 Å². The van der Waals surface area contributed by atoms with Crippen LogP contribution >= 0.6 is 0 Å². The van der Waals surface area contributed by atoms with Crippen LogP contribution in [0.15, 0.2) is 54.6 Å². The highest BCUT2D eigenvalue weighted by molar-refractivity contribution is 6.46. The van der Waals surface area contributed by atoms with Gasteiger partial charge in [0.2, 0.25) is 0 Å². The Bertz CT molecular complexity index is 1280. The molecule has 0 bridgehead atoms. The first-order valence-corrected chi connectivity index (χ1v) is 14.1. The molecule has 41 heavy (non-hydrogen) atoms. The maximum absolute atomic E-state index is 13.5. The lowest BCUT2D eigenvalue weighted by Gasteiger charge is -2.29. The van der Waals surface area contributed by atoms with Crippen molar-refractivity contribution in [3.63, 3.8) is 0 Å². The molecule has 1 N–H and O–H groups in total. The highest BCUT2D eigenvalue weighted by Gasteiger charge is 2.46. The van der Waals surface area contributed by atoms with Crippen molar-refractivity contribution in [2.24, 2.45) is 0 Å². The number of methoxy groups -OCH3 is 1. The zero-order valence-electron chi connectivity index (χ0n) is 24.2. The van der Waals surface area contributed by atoms with Crippen LogP contribution in [0, 0.1) is 6.92 Å². The smallest absolute Gasteiger partial charge is 0.295 e. The number of Topliss-reactive ketones (excluding diaryl/α,β-unsaturated/α-hetero) is 1. The van der Waals surface area contributed by atoms with Gasteiger partial charge in [-0.2, -0.15) is 0 Å². The molecular weight excluding hydrogens is 524 g/mol. The van der Waals surface area contributed by atoms with Crippen LogP contribution in [-0.4, -0.2) is 86.3 Å². The number of benzene rings is 2. The fraction of sp³-hybridized carbons (Fsp3) is 0.438. The molecule has 220 valence electrons. The van der Waals surface area contributed by atoms with E-state index in [1.807, 2.05) is 19.9 Å². The summed E-state index contributed by atoms with van der Waals surface area (Å²) in [6, 6.07) is 9.83. The largest absolute Gasteiger partial charge is 0.507 e. The molecule has 2 aliphatic heterocycles. The number of carbonyl (C=O) groups excluding carboxylic acids is 2. The van der Waals surface area contributed by atoms with Gasteiger partial charge >= 0.3 is 0 Å². The van der Waals surface area contributed by atoms with Gasteiger partial charge in [-0.25, -0.2) is 0 Å². The molecule has 2 aliphatic rings. The Kier molecular flexibility index (Phi) is 10.4. The summed E-state index contributed by atoms with van der Waals surface area (Å²) in [7, 11) is 1.53. The van der Waals surface area contributed by atoms with Crippen molar-refractivity contribution < 1.29 is 33.6 Å². The first-order chi connectivity index (χ1) is 19.9. The van der Waals surface area contributed by atoms with Gasteiger partial charge in [-0.15, -0.1) is 0 Å². The summed E-state index contributed by atoms with van der Waals surface area (Å²) >= 11 is 0. The fourth-order valence-corrected chi connectivity index (χ4v) is 5.23. The summed E-state index contributed by atoms with van der Waals surface area (Å²) in [6.07, 6.45) is 3.18. The van der Waals surface area contributed by atoms with E-state index in [2.05, 4.69) is 11.5 Å². The Labute approximate surface area is 241 Å². The van der Waals surface area contributed by atoms with Crippen LogP contribution in [0.3, 0.4) is 0 Å². The number of carbonyl (C=O) groups is 2. The first kappa shape index (κ1) is 30.1. The second kappa shape index (κ2) is 14.2. The predicted octanol–water partition coefficient (Wildman–Crippen LogP) is 4.50. The number of aliphatic hydroxyl groups excluding tert-OH is 1. The number of nitrogens with zero attached hydrogens (tertiary/aromatic N) is 2. The second-order valence-electron chi connectivity index (χ2n) is 10.1. The van der Waals surface area contributed by atoms with Crippen LogP contribution in [0.5, 0.6) is 17.2 Å². The Morgan fingerprint density at radius 1 is 1.10 bits per heavy atom. The Morgan fingerprint density at radius 3 is 2.56 bits per heavy atom. The minimum Gasteiger partial charge on any atom is -0.507 e. The number of amides is 1. The summed E-state index contributed by atoms with van der Waals surface area (Å²) in [5.74, 6) is 0.0896. The molecule has 0 aromatic heterocycles. The highest BCUT2D eigenvalue weighted by atomic mass is 16.5. The van der Waals surface area contributed by atoms with Crippen molar-refractivity contribution in [1.82, 2.24) is 9.80 Å². The third kappa shape index (κ3) is 6.92. The second-order valence-corrected chi connectivity index (χ2v) is 10.1. The van der Waals surface area contributed by atoms with Crippen LogP contribution in [0.25, 0.3) is 5.76 Å². The molecule has 4 rings (SSSR count). The third-order valence-corrected chi connectivity index (χ3v) is 7.30. The van der Waals surface area contributed by atoms with Crippen LogP contribution in [-0.2, 0) is 14.3 Å². The third-order valence-electron chi connectivity index (χ3n) is 7.30. The number of hydrogen-bond donors (Lipinski definition) is 1. The van der Waals surface area contributed by atoms with E-state index in [0.29, 0.717) is 67.8 Å². The number of ketones is 1. The van der Waals surface area contributed by atoms with Crippen molar-refractivity contribution in [3.05, 3.63) is 71.3 Å². The molecule has 2 saturated heterocycles. The monoisotopic (exact) mass is 564 g/mol. The maximum Gasteiger partial charge on any atom is 0.295 e. The van der Waals surface area contributed by atoms with Crippen molar-refractivity contribution in [3.8, 4) is 17.2 Å². The molecule has 1 unspecified atom stereocenters.